The van der Waals surface area contributed by atoms with Crippen LogP contribution in [0.2, 0.25) is 0 Å². The fraction of sp³-hybridized carbons (Fsp3) is 0.667. The van der Waals surface area contributed by atoms with Crippen molar-refractivity contribution in [1.29, 1.82) is 0 Å². The fourth-order valence-corrected chi connectivity index (χ4v) is 3.49. The molecule has 5 heteroatoms. The van der Waals surface area contributed by atoms with Gasteiger partial charge < -0.3 is 10.3 Å². The van der Waals surface area contributed by atoms with Crippen molar-refractivity contribution in [2.75, 3.05) is 12.8 Å². The van der Waals surface area contributed by atoms with Crippen LogP contribution < -0.4 is 10.9 Å². The van der Waals surface area contributed by atoms with Gasteiger partial charge in [-0.15, -0.1) is 0 Å². The molecule has 1 unspecified atom stereocenters. The Labute approximate surface area is 106 Å². The maximum atomic E-state index is 11.1. The predicted molar refractivity (Wildman–Crippen MR) is 70.4 cm³/mol. The number of nitrogens with zero attached hydrogens (tertiary/aromatic N) is 1. The highest BCUT2D eigenvalue weighted by Crippen LogP contribution is 2.29. The summed E-state index contributed by atoms with van der Waals surface area (Å²) >= 11 is 1.62. The Balaban J connectivity index is 1.89. The van der Waals surface area contributed by atoms with Crippen molar-refractivity contribution >= 4 is 11.8 Å². The highest BCUT2D eigenvalue weighted by atomic mass is 32.2. The second-order valence-electron chi connectivity index (χ2n) is 4.49. The Hall–Kier alpha value is -0.810. The van der Waals surface area contributed by atoms with Gasteiger partial charge in [0.1, 0.15) is 0 Å². The SMILES string of the molecule is CNC(CSc1nccc(=O)[nH]1)C1CCCC1. The quantitative estimate of drug-likeness (QED) is 0.619. The van der Waals surface area contributed by atoms with Gasteiger partial charge in [0.2, 0.25) is 0 Å². The smallest absolute Gasteiger partial charge is 0.251 e. The van der Waals surface area contributed by atoms with E-state index >= 15 is 0 Å². The molecule has 0 bridgehead atoms. The molecule has 1 atom stereocenters. The number of aromatic nitrogens is 2. The lowest BCUT2D eigenvalue weighted by Gasteiger charge is -2.22. The van der Waals surface area contributed by atoms with E-state index in [-0.39, 0.29) is 5.56 Å². The van der Waals surface area contributed by atoms with Crippen LogP contribution in [0.5, 0.6) is 0 Å². The standard InChI is InChI=1S/C12H19N3OS/c1-13-10(9-4-2-3-5-9)8-17-12-14-7-6-11(16)15-12/h6-7,9-10,13H,2-5,8H2,1H3,(H,14,15,16). The van der Waals surface area contributed by atoms with Gasteiger partial charge in [-0.1, -0.05) is 24.6 Å². The Bertz CT molecular complexity index is 401. The summed E-state index contributed by atoms with van der Waals surface area (Å²) < 4.78 is 0. The van der Waals surface area contributed by atoms with Gasteiger partial charge in [0.05, 0.1) is 0 Å². The molecule has 1 aromatic heterocycles. The van der Waals surface area contributed by atoms with Crippen LogP contribution in [0.1, 0.15) is 25.7 Å². The maximum Gasteiger partial charge on any atom is 0.251 e. The lowest BCUT2D eigenvalue weighted by molar-refractivity contribution is 0.410. The molecule has 0 amide bonds. The first-order valence-electron chi connectivity index (χ1n) is 6.15. The number of rotatable bonds is 5. The zero-order valence-corrected chi connectivity index (χ0v) is 10.9. The molecule has 1 heterocycles. The molecule has 2 N–H and O–H groups in total. The van der Waals surface area contributed by atoms with Gasteiger partial charge in [0.25, 0.3) is 5.56 Å². The highest BCUT2D eigenvalue weighted by Gasteiger charge is 2.23. The van der Waals surface area contributed by atoms with Crippen LogP contribution in [0, 0.1) is 5.92 Å². The van der Waals surface area contributed by atoms with E-state index in [4.69, 9.17) is 0 Å². The summed E-state index contributed by atoms with van der Waals surface area (Å²) in [6, 6.07) is 1.96. The average molecular weight is 253 g/mol. The normalized spacial score (nSPS) is 18.4. The topological polar surface area (TPSA) is 57.8 Å². The van der Waals surface area contributed by atoms with E-state index in [0.717, 1.165) is 16.8 Å². The molecule has 94 valence electrons. The lowest BCUT2D eigenvalue weighted by atomic mass is 10.0. The maximum absolute atomic E-state index is 11.1. The minimum Gasteiger partial charge on any atom is -0.316 e. The molecule has 0 spiro atoms. The Morgan fingerprint density at radius 1 is 1.59 bits per heavy atom. The van der Waals surface area contributed by atoms with Crippen molar-refractivity contribution in [2.45, 2.75) is 36.9 Å². The van der Waals surface area contributed by atoms with E-state index in [9.17, 15) is 4.79 Å². The number of aromatic amines is 1. The summed E-state index contributed by atoms with van der Waals surface area (Å²) in [5, 5.41) is 4.11. The zero-order chi connectivity index (χ0) is 12.1. The second kappa shape index (κ2) is 6.21. The Kier molecular flexibility index (Phi) is 4.62. The molecule has 4 nitrogen and oxygen atoms in total. The molecule has 0 saturated heterocycles. The van der Waals surface area contributed by atoms with Crippen molar-refractivity contribution in [3.8, 4) is 0 Å². The van der Waals surface area contributed by atoms with Gasteiger partial charge in [-0.3, -0.25) is 4.79 Å². The average Bonchev–Trinajstić information content (AvgIpc) is 2.84. The van der Waals surface area contributed by atoms with Gasteiger partial charge in [-0.05, 0) is 25.8 Å². The minimum atomic E-state index is -0.0793. The Morgan fingerprint density at radius 3 is 3.00 bits per heavy atom. The van der Waals surface area contributed by atoms with Gasteiger partial charge in [0.15, 0.2) is 5.16 Å². The summed E-state index contributed by atoms with van der Waals surface area (Å²) in [5.74, 6) is 1.75. The van der Waals surface area contributed by atoms with Crippen molar-refractivity contribution in [1.82, 2.24) is 15.3 Å². The van der Waals surface area contributed by atoms with Crippen molar-refractivity contribution in [3.63, 3.8) is 0 Å². The number of hydrogen-bond acceptors (Lipinski definition) is 4. The largest absolute Gasteiger partial charge is 0.316 e. The number of nitrogens with one attached hydrogen (secondary N) is 2. The molecule has 1 aliphatic rings. The van der Waals surface area contributed by atoms with Crippen LogP contribution in [0.15, 0.2) is 22.2 Å². The molecular formula is C12H19N3OS. The van der Waals surface area contributed by atoms with Crippen molar-refractivity contribution < 1.29 is 0 Å². The van der Waals surface area contributed by atoms with Gasteiger partial charge in [0, 0.05) is 24.1 Å². The van der Waals surface area contributed by atoms with Crippen LogP contribution in [0.4, 0.5) is 0 Å². The third-order valence-corrected chi connectivity index (χ3v) is 4.39. The number of thioether (sulfide) groups is 1. The molecule has 1 aliphatic carbocycles. The zero-order valence-electron chi connectivity index (χ0n) is 10.1. The summed E-state index contributed by atoms with van der Waals surface area (Å²) in [6.45, 7) is 0. The number of H-pyrrole nitrogens is 1. The van der Waals surface area contributed by atoms with Gasteiger partial charge in [-0.25, -0.2) is 4.98 Å². The minimum absolute atomic E-state index is 0.0793. The molecule has 17 heavy (non-hydrogen) atoms. The highest BCUT2D eigenvalue weighted by molar-refractivity contribution is 7.99. The third-order valence-electron chi connectivity index (χ3n) is 3.39. The first-order valence-corrected chi connectivity index (χ1v) is 7.13. The van der Waals surface area contributed by atoms with Crippen LogP contribution in [-0.2, 0) is 0 Å². The van der Waals surface area contributed by atoms with Gasteiger partial charge in [-0.2, -0.15) is 0 Å². The first kappa shape index (κ1) is 12.6. The van der Waals surface area contributed by atoms with Crippen LogP contribution >= 0.6 is 11.8 Å². The third kappa shape index (κ3) is 3.57. The van der Waals surface area contributed by atoms with E-state index in [2.05, 4.69) is 15.3 Å². The van der Waals surface area contributed by atoms with E-state index in [0.29, 0.717) is 6.04 Å². The van der Waals surface area contributed by atoms with Crippen LogP contribution in [0.3, 0.4) is 0 Å². The van der Waals surface area contributed by atoms with E-state index < -0.39 is 0 Å². The van der Waals surface area contributed by atoms with E-state index in [1.165, 1.54) is 31.7 Å². The van der Waals surface area contributed by atoms with Crippen molar-refractivity contribution in [3.05, 3.63) is 22.6 Å². The molecular weight excluding hydrogens is 234 g/mol. The lowest BCUT2D eigenvalue weighted by Crippen LogP contribution is -2.34. The summed E-state index contributed by atoms with van der Waals surface area (Å²) in [6.07, 6.45) is 6.92. The molecule has 0 radical (unpaired) electrons. The molecule has 1 aromatic rings. The molecule has 0 aromatic carbocycles. The Morgan fingerprint density at radius 2 is 2.35 bits per heavy atom. The summed E-state index contributed by atoms with van der Waals surface area (Å²) in [5.41, 5.74) is -0.0793. The van der Waals surface area contributed by atoms with E-state index in [1.54, 1.807) is 18.0 Å². The monoisotopic (exact) mass is 253 g/mol. The number of hydrogen-bond donors (Lipinski definition) is 2. The molecule has 0 aliphatic heterocycles. The molecule has 1 fully saturated rings. The fourth-order valence-electron chi connectivity index (χ4n) is 2.41. The van der Waals surface area contributed by atoms with E-state index in [1.807, 2.05) is 7.05 Å². The van der Waals surface area contributed by atoms with Crippen LogP contribution in [-0.4, -0.2) is 28.8 Å². The summed E-state index contributed by atoms with van der Waals surface area (Å²) in [4.78, 5) is 18.0. The summed E-state index contributed by atoms with van der Waals surface area (Å²) in [7, 11) is 2.02. The van der Waals surface area contributed by atoms with Crippen molar-refractivity contribution in [2.24, 2.45) is 5.92 Å². The first-order chi connectivity index (χ1) is 8.29. The van der Waals surface area contributed by atoms with Gasteiger partial charge >= 0.3 is 0 Å². The molecule has 1 saturated carbocycles. The molecule has 2 rings (SSSR count). The second-order valence-corrected chi connectivity index (χ2v) is 5.50. The van der Waals surface area contributed by atoms with Crippen LogP contribution in [0.25, 0.3) is 0 Å². The predicted octanol–water partition coefficient (Wildman–Crippen LogP) is 1.64.